The number of ether oxygens (including phenoxy) is 1. The van der Waals surface area contributed by atoms with Gasteiger partial charge in [0, 0.05) is 0 Å². The fraction of sp³-hybridized carbons (Fsp3) is 0.417. The van der Waals surface area contributed by atoms with Crippen molar-refractivity contribution in [3.8, 4) is 0 Å². The van der Waals surface area contributed by atoms with Gasteiger partial charge in [0.15, 0.2) is 0 Å². The maximum atomic E-state index is 12.7. The highest BCUT2D eigenvalue weighted by Gasteiger charge is 2.40. The van der Waals surface area contributed by atoms with Gasteiger partial charge in [-0.1, -0.05) is 0 Å². The van der Waals surface area contributed by atoms with Crippen LogP contribution in [0.25, 0.3) is 0 Å². The second-order valence-electron chi connectivity index (χ2n) is 4.60. The summed E-state index contributed by atoms with van der Waals surface area (Å²) in [6.45, 7) is 1.42. The van der Waals surface area contributed by atoms with E-state index in [0.29, 0.717) is 12.1 Å². The number of hydrogen-bond donors (Lipinski definition) is 1. The van der Waals surface area contributed by atoms with Gasteiger partial charge in [0.05, 0.1) is 17.2 Å². The zero-order chi connectivity index (χ0) is 16.0. The van der Waals surface area contributed by atoms with E-state index in [-0.39, 0.29) is 11.6 Å². The number of halogens is 6. The van der Waals surface area contributed by atoms with Gasteiger partial charge in [-0.15, -0.1) is 0 Å². The minimum atomic E-state index is -4.94. The number of nitrogens with one attached hydrogen (secondary N) is 1. The molecule has 0 aliphatic carbocycles. The second-order valence-corrected chi connectivity index (χ2v) is 4.60. The van der Waals surface area contributed by atoms with Gasteiger partial charge in [0.1, 0.15) is 6.10 Å². The predicted octanol–water partition coefficient (Wildman–Crippen LogP) is 3.89. The molecule has 116 valence electrons. The summed E-state index contributed by atoms with van der Waals surface area (Å²) in [5.41, 5.74) is -3.24. The van der Waals surface area contributed by atoms with Crippen molar-refractivity contribution < 1.29 is 35.9 Å². The SMILES string of the molecule is CC1NC(=O)OC1c1cc(C(F)(F)F)cc(C(F)(F)F)c1. The third-order valence-corrected chi connectivity index (χ3v) is 2.97. The predicted molar refractivity (Wildman–Crippen MR) is 58.3 cm³/mol. The van der Waals surface area contributed by atoms with Crippen LogP contribution in [0.1, 0.15) is 29.7 Å². The molecule has 1 fully saturated rings. The summed E-state index contributed by atoms with van der Waals surface area (Å²) in [6, 6.07) is 0.396. The minimum absolute atomic E-state index is 0.0262. The third kappa shape index (κ3) is 3.22. The van der Waals surface area contributed by atoms with Crippen LogP contribution in [0.2, 0.25) is 0 Å². The minimum Gasteiger partial charge on any atom is -0.439 e. The van der Waals surface area contributed by atoms with Crippen LogP contribution in [0.15, 0.2) is 18.2 Å². The fourth-order valence-electron chi connectivity index (χ4n) is 2.01. The largest absolute Gasteiger partial charge is 0.439 e. The smallest absolute Gasteiger partial charge is 0.416 e. The standard InChI is InChI=1S/C12H9F6NO2/c1-5-9(21-10(20)19-5)6-2-7(11(13,14)15)4-8(3-6)12(16,17)18/h2-5,9H,1H3,(H,19,20). The van der Waals surface area contributed by atoms with Gasteiger partial charge >= 0.3 is 18.4 Å². The van der Waals surface area contributed by atoms with Gasteiger partial charge in [0.2, 0.25) is 0 Å². The van der Waals surface area contributed by atoms with E-state index < -0.39 is 41.7 Å². The molecule has 0 spiro atoms. The Labute approximate surface area is 114 Å². The van der Waals surface area contributed by atoms with Crippen LogP contribution in [0.4, 0.5) is 31.1 Å². The van der Waals surface area contributed by atoms with Crippen LogP contribution >= 0.6 is 0 Å². The van der Waals surface area contributed by atoms with Crippen molar-refractivity contribution in [2.24, 2.45) is 0 Å². The van der Waals surface area contributed by atoms with Crippen molar-refractivity contribution in [1.29, 1.82) is 0 Å². The molecule has 2 atom stereocenters. The maximum absolute atomic E-state index is 12.7. The summed E-state index contributed by atoms with van der Waals surface area (Å²) in [6.07, 6.45) is -12.0. The lowest BCUT2D eigenvalue weighted by Crippen LogP contribution is -2.24. The summed E-state index contributed by atoms with van der Waals surface area (Å²) in [7, 11) is 0. The molecule has 0 saturated carbocycles. The van der Waals surface area contributed by atoms with Crippen molar-refractivity contribution >= 4 is 6.09 Å². The van der Waals surface area contributed by atoms with Gasteiger partial charge in [0.25, 0.3) is 0 Å². The number of benzene rings is 1. The molecule has 1 aromatic rings. The molecule has 1 aliphatic heterocycles. The molecule has 1 aliphatic rings. The van der Waals surface area contributed by atoms with E-state index in [2.05, 4.69) is 5.32 Å². The normalized spacial score (nSPS) is 22.9. The van der Waals surface area contributed by atoms with Crippen LogP contribution in [0.5, 0.6) is 0 Å². The molecule has 1 aromatic carbocycles. The molecule has 0 aromatic heterocycles. The van der Waals surface area contributed by atoms with Crippen LogP contribution in [0, 0.1) is 0 Å². The summed E-state index contributed by atoms with van der Waals surface area (Å²) in [4.78, 5) is 11.0. The molecule has 1 amide bonds. The van der Waals surface area contributed by atoms with Gasteiger partial charge in [-0.2, -0.15) is 26.3 Å². The van der Waals surface area contributed by atoms with Gasteiger partial charge in [-0.25, -0.2) is 4.79 Å². The molecule has 2 unspecified atom stereocenters. The number of alkyl halides is 6. The van der Waals surface area contributed by atoms with Crippen LogP contribution in [-0.2, 0) is 17.1 Å². The Bertz CT molecular complexity index is 534. The molecule has 3 nitrogen and oxygen atoms in total. The number of hydrogen-bond acceptors (Lipinski definition) is 2. The number of rotatable bonds is 1. The molecule has 21 heavy (non-hydrogen) atoms. The Morgan fingerprint density at radius 2 is 1.48 bits per heavy atom. The third-order valence-electron chi connectivity index (χ3n) is 2.97. The first-order valence-corrected chi connectivity index (χ1v) is 5.75. The summed E-state index contributed by atoms with van der Waals surface area (Å²) < 4.78 is 80.9. The highest BCUT2D eigenvalue weighted by molar-refractivity contribution is 5.70. The fourth-order valence-corrected chi connectivity index (χ4v) is 2.01. The van der Waals surface area contributed by atoms with Crippen LogP contribution < -0.4 is 5.32 Å². The summed E-state index contributed by atoms with van der Waals surface area (Å²) in [5, 5.41) is 2.26. The first-order chi connectivity index (χ1) is 9.48. The number of alkyl carbamates (subject to hydrolysis) is 1. The molecular weight excluding hydrogens is 304 g/mol. The van der Waals surface area contributed by atoms with Crippen molar-refractivity contribution in [2.45, 2.75) is 31.4 Å². The maximum Gasteiger partial charge on any atom is 0.416 e. The highest BCUT2D eigenvalue weighted by Crippen LogP contribution is 2.39. The van der Waals surface area contributed by atoms with Crippen molar-refractivity contribution in [1.82, 2.24) is 5.32 Å². The average molecular weight is 313 g/mol. The lowest BCUT2D eigenvalue weighted by Gasteiger charge is -2.18. The quantitative estimate of drug-likeness (QED) is 0.799. The molecule has 1 saturated heterocycles. The van der Waals surface area contributed by atoms with E-state index in [1.165, 1.54) is 6.92 Å². The molecule has 9 heteroatoms. The second kappa shape index (κ2) is 4.81. The topological polar surface area (TPSA) is 38.3 Å². The van der Waals surface area contributed by atoms with Gasteiger partial charge in [-0.05, 0) is 30.7 Å². The lowest BCUT2D eigenvalue weighted by molar-refractivity contribution is -0.143. The molecule has 2 rings (SSSR count). The Morgan fingerprint density at radius 1 is 1.00 bits per heavy atom. The average Bonchev–Trinajstić information content (AvgIpc) is 2.65. The van der Waals surface area contributed by atoms with E-state index in [1.807, 2.05) is 0 Å². The zero-order valence-electron chi connectivity index (χ0n) is 10.5. The van der Waals surface area contributed by atoms with E-state index in [9.17, 15) is 31.1 Å². The zero-order valence-corrected chi connectivity index (χ0v) is 10.5. The van der Waals surface area contributed by atoms with Gasteiger partial charge < -0.3 is 10.1 Å². The number of amides is 1. The lowest BCUT2D eigenvalue weighted by atomic mass is 9.98. The van der Waals surface area contributed by atoms with E-state index in [0.717, 1.165) is 0 Å². The number of carbonyl (C=O) groups is 1. The van der Waals surface area contributed by atoms with Crippen molar-refractivity contribution in [3.63, 3.8) is 0 Å². The monoisotopic (exact) mass is 313 g/mol. The molecule has 0 radical (unpaired) electrons. The molecule has 0 bridgehead atoms. The Kier molecular flexibility index (Phi) is 3.54. The first kappa shape index (κ1) is 15.5. The Hall–Kier alpha value is -1.93. The number of carbonyl (C=O) groups excluding carboxylic acids is 1. The Morgan fingerprint density at radius 3 is 1.81 bits per heavy atom. The number of cyclic esters (lactones) is 1. The Balaban J connectivity index is 2.53. The molecule has 1 N–H and O–H groups in total. The molecular formula is C12H9F6NO2. The van der Waals surface area contributed by atoms with E-state index in [4.69, 9.17) is 4.74 Å². The van der Waals surface area contributed by atoms with E-state index >= 15 is 0 Å². The van der Waals surface area contributed by atoms with Crippen molar-refractivity contribution in [2.75, 3.05) is 0 Å². The van der Waals surface area contributed by atoms with Crippen molar-refractivity contribution in [3.05, 3.63) is 34.9 Å². The molecule has 1 heterocycles. The summed E-state index contributed by atoms with van der Waals surface area (Å²) >= 11 is 0. The first-order valence-electron chi connectivity index (χ1n) is 5.75. The van der Waals surface area contributed by atoms with Crippen LogP contribution in [-0.4, -0.2) is 12.1 Å². The van der Waals surface area contributed by atoms with E-state index in [1.54, 1.807) is 0 Å². The highest BCUT2D eigenvalue weighted by atomic mass is 19.4. The summed E-state index contributed by atoms with van der Waals surface area (Å²) in [5.74, 6) is 0. The van der Waals surface area contributed by atoms with Crippen LogP contribution in [0.3, 0.4) is 0 Å². The van der Waals surface area contributed by atoms with Gasteiger partial charge in [-0.3, -0.25) is 0 Å².